The second-order valence-electron chi connectivity index (χ2n) is 4.36. The summed E-state index contributed by atoms with van der Waals surface area (Å²) in [6.45, 7) is 4.40. The molecule has 0 aliphatic heterocycles. The number of fused-ring (bicyclic) bond motifs is 1. The van der Waals surface area contributed by atoms with Crippen molar-refractivity contribution in [2.45, 2.75) is 33.1 Å². The van der Waals surface area contributed by atoms with Gasteiger partial charge in [0.05, 0.1) is 7.11 Å². The molecular formula is C14H18O. The molecule has 0 bridgehead atoms. The molecule has 0 radical (unpaired) electrons. The molecule has 0 heterocycles. The van der Waals surface area contributed by atoms with Gasteiger partial charge in [-0.05, 0) is 61.9 Å². The summed E-state index contributed by atoms with van der Waals surface area (Å²) in [6, 6.07) is 6.44. The van der Waals surface area contributed by atoms with Gasteiger partial charge in [-0.15, -0.1) is 0 Å². The highest BCUT2D eigenvalue weighted by Gasteiger charge is 2.15. The van der Waals surface area contributed by atoms with Crippen molar-refractivity contribution < 1.29 is 4.74 Å². The highest BCUT2D eigenvalue weighted by Crippen LogP contribution is 2.34. The maximum absolute atomic E-state index is 5.29. The predicted octanol–water partition coefficient (Wildman–Crippen LogP) is 3.82. The van der Waals surface area contributed by atoms with Crippen LogP contribution in [0.2, 0.25) is 0 Å². The average Bonchev–Trinajstić information content (AvgIpc) is 2.27. The number of hydrogen-bond donors (Lipinski definition) is 0. The number of rotatable bonds is 1. The lowest BCUT2D eigenvalue weighted by Crippen LogP contribution is -2.03. The molecule has 0 fully saturated rings. The van der Waals surface area contributed by atoms with Crippen LogP contribution in [0.25, 0.3) is 5.57 Å². The number of hydrogen-bond acceptors (Lipinski definition) is 1. The monoisotopic (exact) mass is 202 g/mol. The van der Waals surface area contributed by atoms with Gasteiger partial charge in [-0.25, -0.2) is 0 Å². The van der Waals surface area contributed by atoms with E-state index in [1.54, 1.807) is 7.11 Å². The highest BCUT2D eigenvalue weighted by atomic mass is 16.5. The van der Waals surface area contributed by atoms with Crippen LogP contribution in [0.1, 0.15) is 37.8 Å². The Kier molecular flexibility index (Phi) is 2.81. The van der Waals surface area contributed by atoms with Crippen molar-refractivity contribution in [3.05, 3.63) is 34.9 Å². The van der Waals surface area contributed by atoms with Gasteiger partial charge in [0.25, 0.3) is 0 Å². The zero-order chi connectivity index (χ0) is 10.8. The Morgan fingerprint density at radius 2 is 2.00 bits per heavy atom. The van der Waals surface area contributed by atoms with Crippen molar-refractivity contribution >= 4 is 5.57 Å². The zero-order valence-corrected chi connectivity index (χ0v) is 9.76. The molecule has 0 N–H and O–H groups in total. The first-order valence-electron chi connectivity index (χ1n) is 5.56. The fourth-order valence-electron chi connectivity index (χ4n) is 2.29. The number of methoxy groups -OCH3 is 1. The standard InChI is InChI=1S/C14H18O/c1-10(2)13-6-4-5-11-7-8-12(15-3)9-14(11)13/h7-9H,4-6H2,1-3H3. The zero-order valence-electron chi connectivity index (χ0n) is 9.76. The van der Waals surface area contributed by atoms with Gasteiger partial charge in [0, 0.05) is 0 Å². The van der Waals surface area contributed by atoms with Gasteiger partial charge >= 0.3 is 0 Å². The second-order valence-corrected chi connectivity index (χ2v) is 4.36. The maximum atomic E-state index is 5.29. The molecule has 2 rings (SSSR count). The summed E-state index contributed by atoms with van der Waals surface area (Å²) in [5.74, 6) is 0.967. The van der Waals surface area contributed by atoms with Gasteiger partial charge in [0.15, 0.2) is 0 Å². The first-order chi connectivity index (χ1) is 7.22. The van der Waals surface area contributed by atoms with Crippen LogP contribution in [0, 0.1) is 0 Å². The quantitative estimate of drug-likeness (QED) is 0.672. The molecule has 0 amide bonds. The third-order valence-corrected chi connectivity index (χ3v) is 3.12. The maximum Gasteiger partial charge on any atom is 0.119 e. The molecule has 1 aliphatic rings. The largest absolute Gasteiger partial charge is 0.497 e. The van der Waals surface area contributed by atoms with E-state index in [2.05, 4.69) is 32.0 Å². The summed E-state index contributed by atoms with van der Waals surface area (Å²) in [5, 5.41) is 0. The fourth-order valence-corrected chi connectivity index (χ4v) is 2.29. The minimum Gasteiger partial charge on any atom is -0.497 e. The fraction of sp³-hybridized carbons (Fsp3) is 0.429. The van der Waals surface area contributed by atoms with E-state index >= 15 is 0 Å². The van der Waals surface area contributed by atoms with Crippen LogP contribution in [0.3, 0.4) is 0 Å². The van der Waals surface area contributed by atoms with Crippen LogP contribution in [-0.4, -0.2) is 7.11 Å². The van der Waals surface area contributed by atoms with E-state index in [0.717, 1.165) is 5.75 Å². The van der Waals surface area contributed by atoms with Gasteiger partial charge in [0.1, 0.15) is 5.75 Å². The van der Waals surface area contributed by atoms with E-state index in [1.807, 2.05) is 0 Å². The lowest BCUT2D eigenvalue weighted by atomic mass is 9.85. The lowest BCUT2D eigenvalue weighted by Gasteiger charge is -2.21. The molecule has 80 valence electrons. The van der Waals surface area contributed by atoms with Crippen molar-refractivity contribution in [3.8, 4) is 5.75 Å². The molecule has 0 atom stereocenters. The number of ether oxygens (including phenoxy) is 1. The third-order valence-electron chi connectivity index (χ3n) is 3.12. The predicted molar refractivity (Wildman–Crippen MR) is 64.2 cm³/mol. The lowest BCUT2D eigenvalue weighted by molar-refractivity contribution is 0.414. The van der Waals surface area contributed by atoms with E-state index < -0.39 is 0 Å². The SMILES string of the molecule is COc1ccc2c(c1)C(=C(C)C)CCC2. The van der Waals surface area contributed by atoms with Crippen LogP contribution in [-0.2, 0) is 6.42 Å². The van der Waals surface area contributed by atoms with Gasteiger partial charge in [-0.2, -0.15) is 0 Å². The normalized spacial score (nSPS) is 14.7. The molecule has 1 nitrogen and oxygen atoms in total. The van der Waals surface area contributed by atoms with Gasteiger partial charge < -0.3 is 4.74 Å². The van der Waals surface area contributed by atoms with Crippen LogP contribution in [0.4, 0.5) is 0 Å². The topological polar surface area (TPSA) is 9.23 Å². The summed E-state index contributed by atoms with van der Waals surface area (Å²) >= 11 is 0. The smallest absolute Gasteiger partial charge is 0.119 e. The molecule has 0 saturated heterocycles. The van der Waals surface area contributed by atoms with Gasteiger partial charge in [0.2, 0.25) is 0 Å². The number of aryl methyl sites for hydroxylation is 1. The van der Waals surface area contributed by atoms with E-state index in [-0.39, 0.29) is 0 Å². The minimum absolute atomic E-state index is 0.967. The Labute approximate surface area is 91.8 Å². The Hall–Kier alpha value is -1.24. The molecule has 0 spiro atoms. The van der Waals surface area contributed by atoms with E-state index in [1.165, 1.54) is 41.5 Å². The van der Waals surface area contributed by atoms with Gasteiger partial charge in [-0.3, -0.25) is 0 Å². The average molecular weight is 202 g/mol. The van der Waals surface area contributed by atoms with E-state index in [4.69, 9.17) is 4.74 Å². The summed E-state index contributed by atoms with van der Waals surface area (Å²) in [4.78, 5) is 0. The van der Waals surface area contributed by atoms with Crippen LogP contribution in [0.5, 0.6) is 5.75 Å². The Bertz CT molecular complexity index is 398. The molecule has 1 heteroatoms. The Morgan fingerprint density at radius 3 is 2.67 bits per heavy atom. The first kappa shape index (κ1) is 10.3. The van der Waals surface area contributed by atoms with Crippen LogP contribution >= 0.6 is 0 Å². The number of allylic oxidation sites excluding steroid dienone is 2. The molecule has 1 aromatic carbocycles. The highest BCUT2D eigenvalue weighted by molar-refractivity contribution is 5.73. The molecule has 15 heavy (non-hydrogen) atoms. The van der Waals surface area contributed by atoms with Crippen LogP contribution in [0.15, 0.2) is 23.8 Å². The van der Waals surface area contributed by atoms with Crippen LogP contribution < -0.4 is 4.74 Å². The van der Waals surface area contributed by atoms with Crippen molar-refractivity contribution in [3.63, 3.8) is 0 Å². The molecule has 1 aliphatic carbocycles. The van der Waals surface area contributed by atoms with Crippen molar-refractivity contribution in [1.82, 2.24) is 0 Å². The van der Waals surface area contributed by atoms with E-state index in [0.29, 0.717) is 0 Å². The third kappa shape index (κ3) is 1.92. The summed E-state index contributed by atoms with van der Waals surface area (Å²) < 4.78 is 5.29. The summed E-state index contributed by atoms with van der Waals surface area (Å²) in [5.41, 5.74) is 5.82. The van der Waals surface area contributed by atoms with Gasteiger partial charge in [-0.1, -0.05) is 11.6 Å². The van der Waals surface area contributed by atoms with E-state index in [9.17, 15) is 0 Å². The van der Waals surface area contributed by atoms with Crippen molar-refractivity contribution in [1.29, 1.82) is 0 Å². The second kappa shape index (κ2) is 4.09. The molecule has 1 aromatic rings. The Morgan fingerprint density at radius 1 is 1.20 bits per heavy atom. The molecule has 0 saturated carbocycles. The summed E-state index contributed by atoms with van der Waals surface area (Å²) in [7, 11) is 1.73. The first-order valence-corrected chi connectivity index (χ1v) is 5.56. The number of benzene rings is 1. The van der Waals surface area contributed by atoms with Crippen molar-refractivity contribution in [2.75, 3.05) is 7.11 Å². The van der Waals surface area contributed by atoms with Crippen molar-refractivity contribution in [2.24, 2.45) is 0 Å². The minimum atomic E-state index is 0.967. The molecule has 0 unspecified atom stereocenters. The Balaban J connectivity index is 2.54. The molecule has 0 aromatic heterocycles. The summed E-state index contributed by atoms with van der Waals surface area (Å²) in [6.07, 6.45) is 3.69. The molecular weight excluding hydrogens is 184 g/mol.